The molecule has 172 valence electrons. The van der Waals surface area contributed by atoms with Crippen molar-refractivity contribution in [2.75, 3.05) is 6.61 Å². The van der Waals surface area contributed by atoms with E-state index in [1.54, 1.807) is 6.21 Å². The topological polar surface area (TPSA) is 55.6 Å². The lowest BCUT2D eigenvalue weighted by atomic mass is 10.1. The minimum atomic E-state index is -0.318. The van der Waals surface area contributed by atoms with Crippen LogP contribution < -0.4 is 10.2 Å². The number of fused-ring (bicyclic) bond motifs is 1. The molecule has 0 fully saturated rings. The van der Waals surface area contributed by atoms with Gasteiger partial charge in [0.05, 0.1) is 6.21 Å². The first-order chi connectivity index (χ1) is 17.3. The molecule has 1 amide bonds. The van der Waals surface area contributed by atoms with Crippen LogP contribution in [-0.4, -0.2) is 23.3 Å². The van der Waals surface area contributed by atoms with Crippen LogP contribution in [0.5, 0.6) is 5.75 Å². The van der Waals surface area contributed by atoms with Gasteiger partial charge < -0.3 is 9.30 Å². The molecular formula is C30H25N3O2. The van der Waals surface area contributed by atoms with E-state index in [1.807, 2.05) is 72.8 Å². The van der Waals surface area contributed by atoms with Crippen molar-refractivity contribution in [3.63, 3.8) is 0 Å². The predicted octanol–water partition coefficient (Wildman–Crippen LogP) is 5.89. The molecule has 5 aromatic rings. The van der Waals surface area contributed by atoms with Crippen LogP contribution in [0.3, 0.4) is 0 Å². The number of hydrogen-bond acceptors (Lipinski definition) is 3. The molecule has 0 radical (unpaired) electrons. The van der Waals surface area contributed by atoms with Gasteiger partial charge in [-0.05, 0) is 34.9 Å². The normalized spacial score (nSPS) is 11.1. The van der Waals surface area contributed by atoms with Gasteiger partial charge in [-0.3, -0.25) is 4.79 Å². The van der Waals surface area contributed by atoms with Crippen LogP contribution in [0.25, 0.3) is 22.0 Å². The summed E-state index contributed by atoms with van der Waals surface area (Å²) in [6, 6.07) is 36.3. The van der Waals surface area contributed by atoms with E-state index in [4.69, 9.17) is 4.74 Å². The maximum absolute atomic E-state index is 12.2. The van der Waals surface area contributed by atoms with Crippen molar-refractivity contribution in [2.24, 2.45) is 5.10 Å². The number of aromatic nitrogens is 1. The molecule has 0 spiro atoms. The van der Waals surface area contributed by atoms with Gasteiger partial charge in [0.25, 0.3) is 5.91 Å². The van der Waals surface area contributed by atoms with Crippen molar-refractivity contribution >= 4 is 23.0 Å². The van der Waals surface area contributed by atoms with E-state index in [-0.39, 0.29) is 12.5 Å². The lowest BCUT2D eigenvalue weighted by Crippen LogP contribution is -2.24. The van der Waals surface area contributed by atoms with Crippen LogP contribution in [0, 0.1) is 0 Å². The molecule has 5 nitrogen and oxygen atoms in total. The number of ether oxygens (including phenoxy) is 1. The molecular weight excluding hydrogens is 434 g/mol. The van der Waals surface area contributed by atoms with Gasteiger partial charge in [0, 0.05) is 29.2 Å². The lowest BCUT2D eigenvalue weighted by molar-refractivity contribution is -0.123. The summed E-state index contributed by atoms with van der Waals surface area (Å²) in [5.41, 5.74) is 8.07. The van der Waals surface area contributed by atoms with Crippen LogP contribution in [0.1, 0.15) is 11.1 Å². The largest absolute Gasteiger partial charge is 0.484 e. The van der Waals surface area contributed by atoms with Crippen LogP contribution in [0.15, 0.2) is 120 Å². The average molecular weight is 460 g/mol. The lowest BCUT2D eigenvalue weighted by Gasteiger charge is -2.06. The maximum Gasteiger partial charge on any atom is 0.277 e. The minimum absolute atomic E-state index is 0.113. The molecule has 0 aliphatic heterocycles. The molecule has 0 atom stereocenters. The number of hydrogen-bond donors (Lipinski definition) is 1. The first kappa shape index (κ1) is 22.2. The molecule has 0 saturated carbocycles. The van der Waals surface area contributed by atoms with Crippen molar-refractivity contribution in [3.8, 4) is 16.9 Å². The van der Waals surface area contributed by atoms with Crippen molar-refractivity contribution in [1.82, 2.24) is 9.99 Å². The van der Waals surface area contributed by atoms with E-state index in [0.717, 1.165) is 34.1 Å². The molecule has 4 aromatic carbocycles. The fourth-order valence-corrected chi connectivity index (χ4v) is 4.02. The van der Waals surface area contributed by atoms with E-state index in [2.05, 4.69) is 57.7 Å². The number of para-hydroxylation sites is 1. The summed E-state index contributed by atoms with van der Waals surface area (Å²) < 4.78 is 7.80. The van der Waals surface area contributed by atoms with Crippen LogP contribution in [0.4, 0.5) is 0 Å². The summed E-state index contributed by atoms with van der Waals surface area (Å²) in [4.78, 5) is 12.2. The molecule has 0 unspecified atom stereocenters. The summed E-state index contributed by atoms with van der Waals surface area (Å²) in [6.07, 6.45) is 3.73. The molecule has 1 N–H and O–H groups in total. The van der Waals surface area contributed by atoms with Crippen molar-refractivity contribution in [2.45, 2.75) is 6.54 Å². The Morgan fingerprint density at radius 3 is 2.23 bits per heavy atom. The highest BCUT2D eigenvalue weighted by Crippen LogP contribution is 2.22. The highest BCUT2D eigenvalue weighted by Gasteiger charge is 2.08. The Bertz CT molecular complexity index is 1440. The fraction of sp³-hybridized carbons (Fsp3) is 0.0667. The summed E-state index contributed by atoms with van der Waals surface area (Å²) >= 11 is 0. The summed E-state index contributed by atoms with van der Waals surface area (Å²) in [7, 11) is 0. The average Bonchev–Trinajstić information content (AvgIpc) is 3.26. The van der Waals surface area contributed by atoms with Gasteiger partial charge in [-0.25, -0.2) is 5.43 Å². The number of nitrogens with zero attached hydrogens (tertiary/aromatic N) is 2. The third-order valence-electron chi connectivity index (χ3n) is 5.74. The third kappa shape index (κ3) is 5.47. The number of amides is 1. The van der Waals surface area contributed by atoms with Gasteiger partial charge in [0.1, 0.15) is 5.75 Å². The molecule has 0 bridgehead atoms. The Morgan fingerprint density at radius 1 is 0.800 bits per heavy atom. The highest BCUT2D eigenvalue weighted by atomic mass is 16.5. The Balaban J connectivity index is 1.19. The maximum atomic E-state index is 12.2. The van der Waals surface area contributed by atoms with Crippen LogP contribution in [-0.2, 0) is 11.3 Å². The fourth-order valence-electron chi connectivity index (χ4n) is 4.02. The Hall–Kier alpha value is -4.64. The van der Waals surface area contributed by atoms with Gasteiger partial charge >= 0.3 is 0 Å². The molecule has 1 heterocycles. The second-order valence-corrected chi connectivity index (χ2v) is 8.19. The summed E-state index contributed by atoms with van der Waals surface area (Å²) in [5.74, 6) is 0.314. The molecule has 1 aromatic heterocycles. The second kappa shape index (κ2) is 10.5. The quantitative estimate of drug-likeness (QED) is 0.233. The monoisotopic (exact) mass is 459 g/mol. The number of hydrazone groups is 1. The van der Waals surface area contributed by atoms with Gasteiger partial charge in [0.15, 0.2) is 6.61 Å². The minimum Gasteiger partial charge on any atom is -0.484 e. The first-order valence-electron chi connectivity index (χ1n) is 11.5. The predicted molar refractivity (Wildman–Crippen MR) is 141 cm³/mol. The number of carbonyl (C=O) groups excluding carboxylic acids is 1. The van der Waals surface area contributed by atoms with E-state index >= 15 is 0 Å². The Kier molecular flexibility index (Phi) is 6.67. The number of nitrogens with one attached hydrogen (secondary N) is 1. The zero-order valence-corrected chi connectivity index (χ0v) is 19.2. The molecule has 0 aliphatic carbocycles. The molecule has 0 aliphatic rings. The Labute approximate surface area is 204 Å². The summed E-state index contributed by atoms with van der Waals surface area (Å²) in [5, 5.41) is 5.24. The van der Waals surface area contributed by atoms with E-state index in [0.29, 0.717) is 5.75 Å². The zero-order valence-electron chi connectivity index (χ0n) is 19.2. The van der Waals surface area contributed by atoms with E-state index < -0.39 is 0 Å². The van der Waals surface area contributed by atoms with Crippen molar-refractivity contribution in [3.05, 3.63) is 127 Å². The molecule has 5 rings (SSSR count). The molecule has 0 saturated heterocycles. The van der Waals surface area contributed by atoms with Gasteiger partial charge in [-0.2, -0.15) is 5.10 Å². The number of rotatable bonds is 8. The van der Waals surface area contributed by atoms with Crippen LogP contribution >= 0.6 is 0 Å². The highest BCUT2D eigenvalue weighted by molar-refractivity contribution is 5.99. The third-order valence-corrected chi connectivity index (χ3v) is 5.74. The smallest absolute Gasteiger partial charge is 0.277 e. The molecule has 5 heteroatoms. The van der Waals surface area contributed by atoms with Crippen LogP contribution in [0.2, 0.25) is 0 Å². The zero-order chi connectivity index (χ0) is 23.9. The van der Waals surface area contributed by atoms with E-state index in [9.17, 15) is 4.79 Å². The second-order valence-electron chi connectivity index (χ2n) is 8.19. The van der Waals surface area contributed by atoms with Gasteiger partial charge in [-0.1, -0.05) is 91.0 Å². The van der Waals surface area contributed by atoms with Crippen molar-refractivity contribution < 1.29 is 9.53 Å². The van der Waals surface area contributed by atoms with E-state index in [1.165, 1.54) is 5.56 Å². The SMILES string of the molecule is O=C(COc1ccc(-c2ccccc2)cc1)NN=Cc1cn(Cc2ccccc2)c2ccccc12. The number of carbonyl (C=O) groups is 1. The van der Waals surface area contributed by atoms with Gasteiger partial charge in [0.2, 0.25) is 0 Å². The van der Waals surface area contributed by atoms with Crippen molar-refractivity contribution in [1.29, 1.82) is 0 Å². The Morgan fingerprint density at radius 2 is 1.46 bits per heavy atom. The van der Waals surface area contributed by atoms with Gasteiger partial charge in [-0.15, -0.1) is 0 Å². The standard InChI is InChI=1S/C30H25N3O2/c34-30(22-35-27-17-15-25(16-18-27)24-11-5-2-6-12-24)32-31-19-26-21-33(20-23-9-3-1-4-10-23)29-14-8-7-13-28(26)29/h1-19,21H,20,22H2,(H,32,34). The molecule has 35 heavy (non-hydrogen) atoms. The summed E-state index contributed by atoms with van der Waals surface area (Å²) in [6.45, 7) is 0.649. The number of benzene rings is 4. The first-order valence-corrected chi connectivity index (χ1v) is 11.5.